The van der Waals surface area contributed by atoms with Crippen LogP contribution in [0.4, 0.5) is 10.1 Å². The maximum Gasteiger partial charge on any atom is 0.261 e. The summed E-state index contributed by atoms with van der Waals surface area (Å²) < 4.78 is 13.2. The Labute approximate surface area is 166 Å². The van der Waals surface area contributed by atoms with Gasteiger partial charge in [-0.1, -0.05) is 54.1 Å². The summed E-state index contributed by atoms with van der Waals surface area (Å²) in [6.45, 7) is 0. The SMILES string of the molecule is N#Cc1ccc(NC(=O)C(O)(Cc2ccc(F)cc2)c2ccccc2)cc1Cl. The van der Waals surface area contributed by atoms with Crippen molar-refractivity contribution in [3.63, 3.8) is 0 Å². The van der Waals surface area contributed by atoms with Crippen molar-refractivity contribution in [2.24, 2.45) is 0 Å². The monoisotopic (exact) mass is 394 g/mol. The van der Waals surface area contributed by atoms with Crippen molar-refractivity contribution in [1.82, 2.24) is 0 Å². The van der Waals surface area contributed by atoms with Crippen LogP contribution >= 0.6 is 11.6 Å². The third-order valence-electron chi connectivity index (χ3n) is 4.35. The topological polar surface area (TPSA) is 73.1 Å². The summed E-state index contributed by atoms with van der Waals surface area (Å²) in [5.74, 6) is -1.06. The van der Waals surface area contributed by atoms with Crippen molar-refractivity contribution in [3.05, 3.63) is 100 Å². The number of carbonyl (C=O) groups is 1. The minimum absolute atomic E-state index is 0.0485. The molecule has 0 bridgehead atoms. The Morgan fingerprint density at radius 2 is 1.79 bits per heavy atom. The molecule has 0 radical (unpaired) electrons. The lowest BCUT2D eigenvalue weighted by Gasteiger charge is -2.28. The Kier molecular flexibility index (Phi) is 5.74. The van der Waals surface area contributed by atoms with E-state index in [9.17, 15) is 14.3 Å². The number of nitrogens with one attached hydrogen (secondary N) is 1. The van der Waals surface area contributed by atoms with Crippen LogP contribution in [0.2, 0.25) is 5.02 Å². The molecule has 1 atom stereocenters. The molecule has 0 saturated carbocycles. The van der Waals surface area contributed by atoms with E-state index in [0.29, 0.717) is 16.8 Å². The Balaban J connectivity index is 1.94. The van der Waals surface area contributed by atoms with Crippen LogP contribution in [0, 0.1) is 17.1 Å². The third kappa shape index (κ3) is 4.20. The number of benzene rings is 3. The molecule has 0 aliphatic heterocycles. The first kappa shape index (κ1) is 19.6. The van der Waals surface area contributed by atoms with E-state index < -0.39 is 17.3 Å². The first-order valence-electron chi connectivity index (χ1n) is 8.46. The number of aliphatic hydroxyl groups is 1. The molecule has 0 aromatic heterocycles. The second-order valence-corrected chi connectivity index (χ2v) is 6.70. The first-order valence-corrected chi connectivity index (χ1v) is 8.83. The van der Waals surface area contributed by atoms with E-state index in [0.717, 1.165) is 0 Å². The van der Waals surface area contributed by atoms with Gasteiger partial charge in [-0.2, -0.15) is 5.26 Å². The molecule has 140 valence electrons. The van der Waals surface area contributed by atoms with Gasteiger partial charge in [0.1, 0.15) is 11.9 Å². The average molecular weight is 395 g/mol. The van der Waals surface area contributed by atoms with Crippen LogP contribution in [0.1, 0.15) is 16.7 Å². The van der Waals surface area contributed by atoms with Crippen LogP contribution in [0.5, 0.6) is 0 Å². The highest BCUT2D eigenvalue weighted by Gasteiger charge is 2.38. The summed E-state index contributed by atoms with van der Waals surface area (Å²) >= 11 is 6.02. The van der Waals surface area contributed by atoms with E-state index in [1.54, 1.807) is 30.3 Å². The molecule has 0 aliphatic rings. The minimum Gasteiger partial charge on any atom is -0.375 e. The Bertz CT molecular complexity index is 1030. The van der Waals surface area contributed by atoms with Gasteiger partial charge in [0.2, 0.25) is 0 Å². The Hall–Kier alpha value is -3.20. The molecule has 1 amide bonds. The summed E-state index contributed by atoms with van der Waals surface area (Å²) in [6, 6.07) is 20.5. The van der Waals surface area contributed by atoms with Crippen LogP contribution in [0.15, 0.2) is 72.8 Å². The summed E-state index contributed by atoms with van der Waals surface area (Å²) in [5, 5.41) is 23.1. The van der Waals surface area contributed by atoms with Gasteiger partial charge in [-0.05, 0) is 41.5 Å². The minimum atomic E-state index is -1.89. The van der Waals surface area contributed by atoms with E-state index in [1.165, 1.54) is 42.5 Å². The quantitative estimate of drug-likeness (QED) is 0.672. The van der Waals surface area contributed by atoms with Crippen molar-refractivity contribution in [2.45, 2.75) is 12.0 Å². The molecule has 6 heteroatoms. The van der Waals surface area contributed by atoms with E-state index in [1.807, 2.05) is 6.07 Å². The molecule has 2 N–H and O–H groups in total. The average Bonchev–Trinajstić information content (AvgIpc) is 2.70. The lowest BCUT2D eigenvalue weighted by atomic mass is 9.86. The number of nitrogens with zero attached hydrogens (tertiary/aromatic N) is 1. The molecular formula is C22H16ClFN2O2. The molecule has 0 aliphatic carbocycles. The lowest BCUT2D eigenvalue weighted by molar-refractivity contribution is -0.135. The maximum atomic E-state index is 13.2. The zero-order valence-corrected chi connectivity index (χ0v) is 15.4. The van der Waals surface area contributed by atoms with E-state index >= 15 is 0 Å². The number of nitriles is 1. The second kappa shape index (κ2) is 8.22. The normalized spacial score (nSPS) is 12.6. The van der Waals surface area contributed by atoms with Gasteiger partial charge < -0.3 is 10.4 Å². The van der Waals surface area contributed by atoms with Gasteiger partial charge in [0.05, 0.1) is 10.6 Å². The van der Waals surface area contributed by atoms with Crippen LogP contribution in [0.3, 0.4) is 0 Å². The van der Waals surface area contributed by atoms with Crippen LogP contribution < -0.4 is 5.32 Å². The number of hydrogen-bond donors (Lipinski definition) is 2. The summed E-state index contributed by atoms with van der Waals surface area (Å²) in [5.41, 5.74) is -0.261. The Morgan fingerprint density at radius 3 is 2.39 bits per heavy atom. The van der Waals surface area contributed by atoms with Crippen LogP contribution in [-0.2, 0) is 16.8 Å². The molecule has 0 spiro atoms. The highest BCUT2D eigenvalue weighted by Crippen LogP contribution is 2.29. The lowest BCUT2D eigenvalue weighted by Crippen LogP contribution is -2.42. The number of halogens is 2. The van der Waals surface area contributed by atoms with Crippen molar-refractivity contribution in [3.8, 4) is 6.07 Å². The molecule has 1 unspecified atom stereocenters. The first-order chi connectivity index (χ1) is 13.4. The number of amides is 1. The fourth-order valence-electron chi connectivity index (χ4n) is 2.84. The largest absolute Gasteiger partial charge is 0.375 e. The fourth-order valence-corrected chi connectivity index (χ4v) is 3.07. The number of rotatable bonds is 5. The molecule has 3 aromatic carbocycles. The van der Waals surface area contributed by atoms with Gasteiger partial charge in [0, 0.05) is 12.1 Å². The van der Waals surface area contributed by atoms with Gasteiger partial charge in [0.25, 0.3) is 5.91 Å². The van der Waals surface area contributed by atoms with E-state index in [-0.39, 0.29) is 17.0 Å². The predicted molar refractivity (Wildman–Crippen MR) is 105 cm³/mol. The zero-order valence-electron chi connectivity index (χ0n) is 14.7. The number of carbonyl (C=O) groups excluding carboxylic acids is 1. The highest BCUT2D eigenvalue weighted by atomic mass is 35.5. The van der Waals surface area contributed by atoms with Gasteiger partial charge in [-0.3, -0.25) is 4.79 Å². The standard InChI is InChI=1S/C22H16ClFN2O2/c23-20-12-19(11-8-16(20)14-25)26-21(27)22(28,17-4-2-1-3-5-17)13-15-6-9-18(24)10-7-15/h1-12,28H,13H2,(H,26,27). The molecule has 3 rings (SSSR count). The molecule has 4 nitrogen and oxygen atoms in total. The highest BCUT2D eigenvalue weighted by molar-refractivity contribution is 6.32. The predicted octanol–water partition coefficient (Wildman–Crippen LogP) is 4.42. The smallest absolute Gasteiger partial charge is 0.261 e. The van der Waals surface area contributed by atoms with Crippen molar-refractivity contribution < 1.29 is 14.3 Å². The molecular weight excluding hydrogens is 379 g/mol. The van der Waals surface area contributed by atoms with Crippen molar-refractivity contribution in [2.75, 3.05) is 5.32 Å². The van der Waals surface area contributed by atoms with E-state index in [4.69, 9.17) is 16.9 Å². The summed E-state index contributed by atoms with van der Waals surface area (Å²) in [6.07, 6.45) is -0.0485. The van der Waals surface area contributed by atoms with Crippen LogP contribution in [-0.4, -0.2) is 11.0 Å². The third-order valence-corrected chi connectivity index (χ3v) is 4.66. The number of hydrogen-bond acceptors (Lipinski definition) is 3. The van der Waals surface area contributed by atoms with Crippen molar-refractivity contribution in [1.29, 1.82) is 5.26 Å². The molecule has 0 heterocycles. The van der Waals surface area contributed by atoms with Gasteiger partial charge >= 0.3 is 0 Å². The van der Waals surface area contributed by atoms with Crippen LogP contribution in [0.25, 0.3) is 0 Å². The van der Waals surface area contributed by atoms with Gasteiger partial charge in [-0.25, -0.2) is 4.39 Å². The molecule has 0 fully saturated rings. The fraction of sp³-hybridized carbons (Fsp3) is 0.0909. The van der Waals surface area contributed by atoms with E-state index in [2.05, 4.69) is 5.32 Å². The van der Waals surface area contributed by atoms with Gasteiger partial charge in [0.15, 0.2) is 5.60 Å². The van der Waals surface area contributed by atoms with Crippen molar-refractivity contribution >= 4 is 23.2 Å². The Morgan fingerprint density at radius 1 is 1.11 bits per heavy atom. The molecule has 3 aromatic rings. The molecule has 28 heavy (non-hydrogen) atoms. The number of anilines is 1. The second-order valence-electron chi connectivity index (χ2n) is 6.29. The zero-order chi connectivity index (χ0) is 20.1. The summed E-state index contributed by atoms with van der Waals surface area (Å²) in [7, 11) is 0. The maximum absolute atomic E-state index is 13.2. The summed E-state index contributed by atoms with van der Waals surface area (Å²) in [4.78, 5) is 13.0. The molecule has 0 saturated heterocycles. The van der Waals surface area contributed by atoms with Gasteiger partial charge in [-0.15, -0.1) is 0 Å².